The van der Waals surface area contributed by atoms with Crippen LogP contribution >= 0.6 is 0 Å². The summed E-state index contributed by atoms with van der Waals surface area (Å²) in [5.41, 5.74) is 0.713. The number of alkyl halides is 2. The van der Waals surface area contributed by atoms with E-state index in [-0.39, 0.29) is 35.1 Å². The van der Waals surface area contributed by atoms with Gasteiger partial charge in [0.05, 0.1) is 24.2 Å². The van der Waals surface area contributed by atoms with Gasteiger partial charge in [0.25, 0.3) is 0 Å². The Bertz CT molecular complexity index is 916. The third-order valence-electron chi connectivity index (χ3n) is 3.59. The summed E-state index contributed by atoms with van der Waals surface area (Å²) in [6.07, 6.45) is 0. The van der Waals surface area contributed by atoms with E-state index in [1.807, 2.05) is 0 Å². The van der Waals surface area contributed by atoms with Crippen molar-refractivity contribution in [2.24, 2.45) is 0 Å². The predicted octanol–water partition coefficient (Wildman–Crippen LogP) is 2.95. The summed E-state index contributed by atoms with van der Waals surface area (Å²) in [5.74, 6) is -0.646. The molecule has 0 saturated carbocycles. The van der Waals surface area contributed by atoms with Crippen molar-refractivity contribution in [1.29, 1.82) is 0 Å². The molecule has 0 bridgehead atoms. The summed E-state index contributed by atoms with van der Waals surface area (Å²) in [6, 6.07) is 9.38. The van der Waals surface area contributed by atoms with Crippen molar-refractivity contribution in [2.75, 3.05) is 13.7 Å². The maximum absolute atomic E-state index is 12.4. The summed E-state index contributed by atoms with van der Waals surface area (Å²) >= 11 is 0. The van der Waals surface area contributed by atoms with Crippen LogP contribution in [0.25, 0.3) is 0 Å². The van der Waals surface area contributed by atoms with E-state index in [4.69, 9.17) is 9.47 Å². The number of nitrogens with one attached hydrogen (secondary N) is 1. The van der Waals surface area contributed by atoms with E-state index >= 15 is 0 Å². The van der Waals surface area contributed by atoms with E-state index in [1.165, 1.54) is 49.6 Å². The Balaban J connectivity index is 2.09. The Morgan fingerprint density at radius 2 is 1.79 bits per heavy atom. The average Bonchev–Trinajstić information content (AvgIpc) is 2.67. The number of hydrogen-bond acceptors (Lipinski definition) is 6. The maximum atomic E-state index is 12.4. The van der Waals surface area contributed by atoms with E-state index in [9.17, 15) is 22.0 Å². The molecule has 0 aromatic heterocycles. The van der Waals surface area contributed by atoms with Crippen molar-refractivity contribution < 1.29 is 36.2 Å². The van der Waals surface area contributed by atoms with Gasteiger partial charge in [-0.3, -0.25) is 0 Å². The van der Waals surface area contributed by atoms with E-state index in [2.05, 4.69) is 9.46 Å². The number of carbonyl (C=O) groups excluding carboxylic acids is 1. The molecule has 0 amide bonds. The molecule has 1 N–H and O–H groups in total. The third-order valence-corrected chi connectivity index (χ3v) is 5.00. The van der Waals surface area contributed by atoms with Crippen molar-refractivity contribution in [2.45, 2.75) is 25.0 Å². The van der Waals surface area contributed by atoms with Gasteiger partial charge in [-0.05, 0) is 48.9 Å². The number of esters is 1. The van der Waals surface area contributed by atoms with Crippen LogP contribution < -0.4 is 14.2 Å². The highest BCUT2D eigenvalue weighted by Gasteiger charge is 2.16. The second kappa shape index (κ2) is 9.47. The van der Waals surface area contributed by atoms with Gasteiger partial charge in [0.2, 0.25) is 10.0 Å². The van der Waals surface area contributed by atoms with Crippen LogP contribution in [0.15, 0.2) is 47.4 Å². The van der Waals surface area contributed by atoms with Gasteiger partial charge in [-0.15, -0.1) is 0 Å². The number of sulfonamides is 1. The molecular weight excluding hydrogens is 396 g/mol. The van der Waals surface area contributed by atoms with Gasteiger partial charge in [-0.1, -0.05) is 6.07 Å². The minimum Gasteiger partial charge on any atom is -0.493 e. The van der Waals surface area contributed by atoms with Gasteiger partial charge in [-0.25, -0.2) is 17.9 Å². The summed E-state index contributed by atoms with van der Waals surface area (Å²) in [5, 5.41) is 0. The highest BCUT2D eigenvalue weighted by molar-refractivity contribution is 7.89. The van der Waals surface area contributed by atoms with E-state index in [0.717, 1.165) is 0 Å². The molecular formula is C18H19F2NO6S. The molecule has 2 aromatic rings. The van der Waals surface area contributed by atoms with Crippen LogP contribution in [0, 0.1) is 0 Å². The minimum atomic E-state index is -3.86. The lowest BCUT2D eigenvalue weighted by Crippen LogP contribution is -2.23. The first-order valence-corrected chi connectivity index (χ1v) is 9.63. The van der Waals surface area contributed by atoms with Gasteiger partial charge in [0.1, 0.15) is 0 Å². The van der Waals surface area contributed by atoms with E-state index in [0.29, 0.717) is 5.56 Å². The number of halogens is 2. The Morgan fingerprint density at radius 1 is 1.11 bits per heavy atom. The molecule has 0 heterocycles. The highest BCUT2D eigenvalue weighted by atomic mass is 32.2. The monoisotopic (exact) mass is 415 g/mol. The first-order valence-electron chi connectivity index (χ1n) is 8.15. The normalized spacial score (nSPS) is 11.3. The van der Waals surface area contributed by atoms with Crippen molar-refractivity contribution >= 4 is 16.0 Å². The molecule has 0 aliphatic rings. The van der Waals surface area contributed by atoms with Crippen LogP contribution in [0.4, 0.5) is 8.78 Å². The molecule has 0 unspecified atom stereocenters. The molecule has 0 atom stereocenters. The highest BCUT2D eigenvalue weighted by Crippen LogP contribution is 2.29. The molecule has 0 radical (unpaired) electrons. The first-order chi connectivity index (χ1) is 13.3. The summed E-state index contributed by atoms with van der Waals surface area (Å²) in [7, 11) is -2.57. The molecule has 10 heteroatoms. The van der Waals surface area contributed by atoms with Crippen molar-refractivity contribution in [3.8, 4) is 11.5 Å². The lowest BCUT2D eigenvalue weighted by Gasteiger charge is -2.12. The number of rotatable bonds is 9. The lowest BCUT2D eigenvalue weighted by molar-refractivity contribution is -0.0512. The fourth-order valence-electron chi connectivity index (χ4n) is 2.26. The molecule has 2 aromatic carbocycles. The SMILES string of the molecule is CCOC(=O)c1ccc(S(=O)(=O)NCc2ccc(OC(F)F)c(OC)c2)cc1. The smallest absolute Gasteiger partial charge is 0.387 e. The quantitative estimate of drug-likeness (QED) is 0.634. The maximum Gasteiger partial charge on any atom is 0.387 e. The third kappa shape index (κ3) is 5.64. The Hall–Kier alpha value is -2.72. The Labute approximate surface area is 161 Å². The molecule has 28 heavy (non-hydrogen) atoms. The fraction of sp³-hybridized carbons (Fsp3) is 0.278. The second-order valence-corrected chi connectivity index (χ2v) is 7.20. The standard InChI is InChI=1S/C18H19F2NO6S/c1-3-26-17(22)13-5-7-14(8-6-13)28(23,24)21-11-12-4-9-15(27-18(19)20)16(10-12)25-2/h4-10,18,21H,3,11H2,1-2H3. The van der Waals surface area contributed by atoms with Crippen molar-refractivity contribution in [1.82, 2.24) is 4.72 Å². The van der Waals surface area contributed by atoms with Crippen LogP contribution in [-0.2, 0) is 21.3 Å². The van der Waals surface area contributed by atoms with Gasteiger partial charge < -0.3 is 14.2 Å². The van der Waals surface area contributed by atoms with Crippen LogP contribution in [0.3, 0.4) is 0 Å². The molecule has 152 valence electrons. The second-order valence-electron chi connectivity index (χ2n) is 5.43. The summed E-state index contributed by atoms with van der Waals surface area (Å²) < 4.78 is 66.0. The first kappa shape index (κ1) is 21.6. The Kier molecular flexibility index (Phi) is 7.30. The molecule has 0 aliphatic carbocycles. The number of hydrogen-bond donors (Lipinski definition) is 1. The summed E-state index contributed by atoms with van der Waals surface area (Å²) in [4.78, 5) is 11.6. The van der Waals surface area contributed by atoms with E-state index < -0.39 is 22.6 Å². The van der Waals surface area contributed by atoms with E-state index in [1.54, 1.807) is 6.92 Å². The number of ether oxygens (including phenoxy) is 3. The fourth-order valence-corrected chi connectivity index (χ4v) is 3.28. The van der Waals surface area contributed by atoms with Crippen LogP contribution in [0.1, 0.15) is 22.8 Å². The molecule has 0 aliphatic heterocycles. The lowest BCUT2D eigenvalue weighted by atomic mass is 10.2. The number of benzene rings is 2. The Morgan fingerprint density at radius 3 is 2.36 bits per heavy atom. The van der Waals surface area contributed by atoms with Crippen molar-refractivity contribution in [3.05, 3.63) is 53.6 Å². The van der Waals surface area contributed by atoms with Gasteiger partial charge in [-0.2, -0.15) is 8.78 Å². The number of carbonyl (C=O) groups is 1. The van der Waals surface area contributed by atoms with Gasteiger partial charge in [0, 0.05) is 6.54 Å². The molecule has 0 spiro atoms. The summed E-state index contributed by atoms with van der Waals surface area (Å²) in [6.45, 7) is -1.23. The van der Waals surface area contributed by atoms with Crippen LogP contribution in [0.5, 0.6) is 11.5 Å². The van der Waals surface area contributed by atoms with Crippen molar-refractivity contribution in [3.63, 3.8) is 0 Å². The average molecular weight is 415 g/mol. The molecule has 0 fully saturated rings. The largest absolute Gasteiger partial charge is 0.493 e. The van der Waals surface area contributed by atoms with Gasteiger partial charge >= 0.3 is 12.6 Å². The zero-order chi connectivity index (χ0) is 20.7. The van der Waals surface area contributed by atoms with Crippen LogP contribution in [0.2, 0.25) is 0 Å². The van der Waals surface area contributed by atoms with Crippen LogP contribution in [-0.4, -0.2) is 34.7 Å². The number of methoxy groups -OCH3 is 1. The van der Waals surface area contributed by atoms with Gasteiger partial charge in [0.15, 0.2) is 11.5 Å². The zero-order valence-corrected chi connectivity index (χ0v) is 16.0. The zero-order valence-electron chi connectivity index (χ0n) is 15.1. The topological polar surface area (TPSA) is 90.9 Å². The molecule has 7 nitrogen and oxygen atoms in total. The molecule has 2 rings (SSSR count). The predicted molar refractivity (Wildman–Crippen MR) is 96.1 cm³/mol. The molecule has 0 saturated heterocycles. The minimum absolute atomic E-state index is 0.0369.